The number of halogens is 1. The van der Waals surface area contributed by atoms with Gasteiger partial charge < -0.3 is 15.1 Å². The molecule has 1 fully saturated rings. The Morgan fingerprint density at radius 2 is 1.59 bits per heavy atom. The highest BCUT2D eigenvalue weighted by Gasteiger charge is 2.29. The van der Waals surface area contributed by atoms with Crippen molar-refractivity contribution in [3.05, 3.63) is 58.6 Å². The van der Waals surface area contributed by atoms with Crippen LogP contribution in [-0.2, 0) is 4.79 Å². The molecule has 0 aromatic heterocycles. The fourth-order valence-electron chi connectivity index (χ4n) is 3.40. The third-order valence-electron chi connectivity index (χ3n) is 5.07. The Kier molecular flexibility index (Phi) is 6.18. The molecular formula is C23H28ClN3O2. The molecule has 2 aromatic rings. The summed E-state index contributed by atoms with van der Waals surface area (Å²) in [7, 11) is 0. The molecule has 0 saturated carbocycles. The lowest BCUT2D eigenvalue weighted by Crippen LogP contribution is -2.51. The molecule has 5 nitrogen and oxygen atoms in total. The first-order valence-electron chi connectivity index (χ1n) is 9.87. The molecule has 29 heavy (non-hydrogen) atoms. The van der Waals surface area contributed by atoms with Crippen LogP contribution in [0.4, 0.5) is 11.4 Å². The number of carbonyl (C=O) groups is 2. The van der Waals surface area contributed by atoms with Gasteiger partial charge in [-0.1, -0.05) is 38.4 Å². The lowest BCUT2D eigenvalue weighted by Gasteiger charge is -2.38. The maximum absolute atomic E-state index is 12.5. The van der Waals surface area contributed by atoms with E-state index in [9.17, 15) is 9.59 Å². The monoisotopic (exact) mass is 413 g/mol. The van der Waals surface area contributed by atoms with E-state index in [4.69, 9.17) is 11.6 Å². The normalized spacial score (nSPS) is 14.7. The van der Waals surface area contributed by atoms with E-state index in [2.05, 4.69) is 10.2 Å². The molecule has 154 valence electrons. The number of benzene rings is 2. The minimum Gasteiger partial charge on any atom is -0.368 e. The average molecular weight is 414 g/mol. The quantitative estimate of drug-likeness (QED) is 0.800. The van der Waals surface area contributed by atoms with Crippen LogP contribution >= 0.6 is 11.6 Å². The van der Waals surface area contributed by atoms with Crippen LogP contribution in [0.25, 0.3) is 0 Å². The number of anilines is 2. The Morgan fingerprint density at radius 3 is 2.14 bits per heavy atom. The molecule has 3 rings (SSSR count). The number of nitrogens with one attached hydrogen (secondary N) is 1. The zero-order chi connectivity index (χ0) is 21.2. The maximum Gasteiger partial charge on any atom is 0.257 e. The maximum atomic E-state index is 12.5. The van der Waals surface area contributed by atoms with Crippen LogP contribution < -0.4 is 10.2 Å². The van der Waals surface area contributed by atoms with Gasteiger partial charge in [0.1, 0.15) is 0 Å². The van der Waals surface area contributed by atoms with Gasteiger partial charge in [0, 0.05) is 43.0 Å². The third kappa shape index (κ3) is 5.10. The molecule has 1 N–H and O–H groups in total. The molecule has 0 spiro atoms. The van der Waals surface area contributed by atoms with Crippen molar-refractivity contribution in [2.24, 2.45) is 5.41 Å². The zero-order valence-electron chi connectivity index (χ0n) is 17.5. The molecular weight excluding hydrogens is 386 g/mol. The van der Waals surface area contributed by atoms with Crippen LogP contribution in [0.2, 0.25) is 5.02 Å². The van der Waals surface area contributed by atoms with Gasteiger partial charge in [-0.3, -0.25) is 9.59 Å². The van der Waals surface area contributed by atoms with Crippen LogP contribution in [0, 0.1) is 12.3 Å². The Hall–Kier alpha value is -2.53. The second kappa shape index (κ2) is 8.46. The highest BCUT2D eigenvalue weighted by atomic mass is 35.5. The highest BCUT2D eigenvalue weighted by molar-refractivity contribution is 6.34. The van der Waals surface area contributed by atoms with Crippen LogP contribution in [0.5, 0.6) is 0 Å². The van der Waals surface area contributed by atoms with E-state index in [1.54, 1.807) is 12.1 Å². The van der Waals surface area contributed by atoms with E-state index in [0.717, 1.165) is 43.1 Å². The number of hydrogen-bond donors (Lipinski definition) is 1. The second-order valence-electron chi connectivity index (χ2n) is 8.51. The summed E-state index contributed by atoms with van der Waals surface area (Å²) in [5.74, 6) is -0.0259. The lowest BCUT2D eigenvalue weighted by atomic mass is 9.94. The van der Waals surface area contributed by atoms with Gasteiger partial charge in [-0.2, -0.15) is 0 Å². The topological polar surface area (TPSA) is 52.7 Å². The summed E-state index contributed by atoms with van der Waals surface area (Å²) in [6.07, 6.45) is 0. The lowest BCUT2D eigenvalue weighted by molar-refractivity contribution is -0.139. The van der Waals surface area contributed by atoms with Crippen LogP contribution in [0.15, 0.2) is 42.5 Å². The van der Waals surface area contributed by atoms with Gasteiger partial charge in [0.25, 0.3) is 5.91 Å². The first-order chi connectivity index (χ1) is 13.6. The van der Waals surface area contributed by atoms with Crippen molar-refractivity contribution in [1.29, 1.82) is 0 Å². The number of piperazine rings is 1. The summed E-state index contributed by atoms with van der Waals surface area (Å²) in [5, 5.41) is 3.34. The van der Waals surface area contributed by atoms with Crippen molar-refractivity contribution in [2.45, 2.75) is 27.7 Å². The largest absolute Gasteiger partial charge is 0.368 e. The minimum absolute atomic E-state index is 0.199. The van der Waals surface area contributed by atoms with Gasteiger partial charge in [0.05, 0.1) is 10.6 Å². The second-order valence-corrected chi connectivity index (χ2v) is 8.92. The average Bonchev–Trinajstić information content (AvgIpc) is 2.67. The SMILES string of the molecule is Cc1ccc(C(=O)Nc2ccc(N3CCN(C(=O)C(C)(C)C)CC3)cc2)c(Cl)c1. The zero-order valence-corrected chi connectivity index (χ0v) is 18.2. The van der Waals surface area contributed by atoms with E-state index < -0.39 is 0 Å². The van der Waals surface area contributed by atoms with E-state index in [0.29, 0.717) is 10.6 Å². The van der Waals surface area contributed by atoms with Gasteiger partial charge >= 0.3 is 0 Å². The van der Waals surface area contributed by atoms with Gasteiger partial charge in [-0.15, -0.1) is 0 Å². The number of amides is 2. The first-order valence-corrected chi connectivity index (χ1v) is 10.2. The first kappa shape index (κ1) is 21.2. The Bertz CT molecular complexity index is 895. The summed E-state index contributed by atoms with van der Waals surface area (Å²) in [4.78, 5) is 29.1. The number of aryl methyl sites for hydroxylation is 1. The van der Waals surface area contributed by atoms with Gasteiger partial charge in [0.2, 0.25) is 5.91 Å². The molecule has 6 heteroatoms. The molecule has 0 bridgehead atoms. The molecule has 1 heterocycles. The van der Waals surface area contributed by atoms with Gasteiger partial charge in [-0.05, 0) is 48.9 Å². The molecule has 1 aliphatic heterocycles. The van der Waals surface area contributed by atoms with Crippen LogP contribution in [0.1, 0.15) is 36.7 Å². The van der Waals surface area contributed by atoms with Crippen LogP contribution in [-0.4, -0.2) is 42.9 Å². The van der Waals surface area contributed by atoms with E-state index in [-0.39, 0.29) is 17.2 Å². The Morgan fingerprint density at radius 1 is 0.966 bits per heavy atom. The van der Waals surface area contributed by atoms with E-state index >= 15 is 0 Å². The fourth-order valence-corrected chi connectivity index (χ4v) is 3.72. The molecule has 1 saturated heterocycles. The van der Waals surface area contributed by atoms with Crippen molar-refractivity contribution >= 4 is 34.8 Å². The molecule has 0 unspecified atom stereocenters. The number of hydrogen-bond acceptors (Lipinski definition) is 3. The molecule has 0 radical (unpaired) electrons. The Labute approximate surface area is 177 Å². The summed E-state index contributed by atoms with van der Waals surface area (Å²) in [6, 6.07) is 13.2. The predicted octanol–water partition coefficient (Wildman–Crippen LogP) is 4.60. The van der Waals surface area contributed by atoms with Crippen molar-refractivity contribution < 1.29 is 9.59 Å². The van der Waals surface area contributed by atoms with Gasteiger partial charge in [0.15, 0.2) is 0 Å². The van der Waals surface area contributed by atoms with Crippen molar-refractivity contribution in [2.75, 3.05) is 36.4 Å². The van der Waals surface area contributed by atoms with Crippen LogP contribution in [0.3, 0.4) is 0 Å². The van der Waals surface area contributed by atoms with E-state index in [1.165, 1.54) is 0 Å². The predicted molar refractivity (Wildman–Crippen MR) is 119 cm³/mol. The summed E-state index contributed by atoms with van der Waals surface area (Å²) in [6.45, 7) is 10.8. The van der Waals surface area contributed by atoms with Crippen molar-refractivity contribution in [1.82, 2.24) is 4.90 Å². The summed E-state index contributed by atoms with van der Waals surface area (Å²) >= 11 is 6.18. The fraction of sp³-hybridized carbons (Fsp3) is 0.391. The number of rotatable bonds is 3. The molecule has 0 aliphatic carbocycles. The minimum atomic E-state index is -0.345. The number of carbonyl (C=O) groups excluding carboxylic acids is 2. The molecule has 2 aromatic carbocycles. The number of nitrogens with zero attached hydrogens (tertiary/aromatic N) is 2. The summed E-state index contributed by atoms with van der Waals surface area (Å²) in [5.41, 5.74) is 2.93. The van der Waals surface area contributed by atoms with Gasteiger partial charge in [-0.25, -0.2) is 0 Å². The smallest absolute Gasteiger partial charge is 0.257 e. The molecule has 0 atom stereocenters. The third-order valence-corrected chi connectivity index (χ3v) is 5.38. The molecule has 2 amide bonds. The van der Waals surface area contributed by atoms with Crippen molar-refractivity contribution in [3.63, 3.8) is 0 Å². The summed E-state index contributed by atoms with van der Waals surface area (Å²) < 4.78 is 0. The highest BCUT2D eigenvalue weighted by Crippen LogP contribution is 2.24. The van der Waals surface area contributed by atoms with Crippen molar-refractivity contribution in [3.8, 4) is 0 Å². The standard InChI is InChI=1S/C23H28ClN3O2/c1-16-5-10-19(20(24)15-16)21(28)25-17-6-8-18(9-7-17)26-11-13-27(14-12-26)22(29)23(2,3)4/h5-10,15H,11-14H2,1-4H3,(H,25,28). The van der Waals surface area contributed by atoms with E-state index in [1.807, 2.05) is 62.9 Å². The molecule has 1 aliphatic rings. The Balaban J connectivity index is 1.59.